The van der Waals surface area contributed by atoms with E-state index in [0.29, 0.717) is 22.3 Å². The second kappa shape index (κ2) is 6.68. The van der Waals surface area contributed by atoms with E-state index in [-0.39, 0.29) is 23.1 Å². The van der Waals surface area contributed by atoms with Gasteiger partial charge in [-0.1, -0.05) is 26.8 Å². The van der Waals surface area contributed by atoms with Crippen LogP contribution in [0.25, 0.3) is 11.0 Å². The smallest absolute Gasteiger partial charge is 0.256 e. The topological polar surface area (TPSA) is 80.0 Å². The van der Waals surface area contributed by atoms with Gasteiger partial charge < -0.3 is 10.4 Å². The number of aromatic hydroxyl groups is 1. The molecule has 2 heterocycles. The molecule has 1 amide bonds. The molecule has 0 saturated heterocycles. The molecule has 2 aromatic heterocycles. The number of fused-ring (bicyclic) bond motifs is 1. The van der Waals surface area contributed by atoms with Crippen LogP contribution in [0.4, 0.5) is 5.69 Å². The summed E-state index contributed by atoms with van der Waals surface area (Å²) in [5, 5.41) is 18.1. The lowest BCUT2D eigenvalue weighted by Crippen LogP contribution is -2.15. The first-order valence-electron chi connectivity index (χ1n) is 9.07. The maximum absolute atomic E-state index is 13.0. The molecule has 3 aromatic rings. The first-order chi connectivity index (χ1) is 12.6. The summed E-state index contributed by atoms with van der Waals surface area (Å²) in [4.78, 5) is 17.5. The average molecular weight is 366 g/mol. The van der Waals surface area contributed by atoms with E-state index in [1.165, 1.54) is 0 Å². The van der Waals surface area contributed by atoms with Crippen LogP contribution in [0.3, 0.4) is 0 Å². The Morgan fingerprint density at radius 3 is 2.56 bits per heavy atom. The van der Waals surface area contributed by atoms with Gasteiger partial charge in [0.1, 0.15) is 5.75 Å². The molecule has 1 aromatic carbocycles. The number of carbonyl (C=O) groups is 1. The van der Waals surface area contributed by atoms with Crippen molar-refractivity contribution in [3.8, 4) is 5.75 Å². The highest BCUT2D eigenvalue weighted by atomic mass is 16.3. The molecule has 6 heteroatoms. The van der Waals surface area contributed by atoms with Crippen LogP contribution in [0.1, 0.15) is 62.3 Å². The summed E-state index contributed by atoms with van der Waals surface area (Å²) in [6.45, 7) is 12.1. The number of benzene rings is 1. The third-order valence-corrected chi connectivity index (χ3v) is 4.54. The Bertz CT molecular complexity index is 1010. The molecule has 0 bridgehead atoms. The summed E-state index contributed by atoms with van der Waals surface area (Å²) in [6, 6.07) is 7.18. The molecule has 0 spiro atoms. The summed E-state index contributed by atoms with van der Waals surface area (Å²) in [5.74, 6) is -0.258. The molecular weight excluding hydrogens is 340 g/mol. The zero-order chi connectivity index (χ0) is 19.9. The van der Waals surface area contributed by atoms with Crippen molar-refractivity contribution < 1.29 is 9.90 Å². The standard InChI is InChI=1S/C21H26N4O2/c1-12(2)25-19-16(11-22-25)15(9-13(3)23-19)20(27)24-17-10-14(21(4,5)6)7-8-18(17)26/h7-12,26H,1-6H3,(H,24,27). The second-order valence-electron chi connectivity index (χ2n) is 8.17. The van der Waals surface area contributed by atoms with Gasteiger partial charge in [0.15, 0.2) is 5.65 Å². The molecule has 0 saturated carbocycles. The third-order valence-electron chi connectivity index (χ3n) is 4.54. The minimum Gasteiger partial charge on any atom is -0.506 e. The van der Waals surface area contributed by atoms with Gasteiger partial charge in [0.05, 0.1) is 22.8 Å². The van der Waals surface area contributed by atoms with Crippen LogP contribution in [0.2, 0.25) is 0 Å². The first kappa shape index (κ1) is 18.9. The highest BCUT2D eigenvalue weighted by Crippen LogP contribution is 2.31. The van der Waals surface area contributed by atoms with Crippen molar-refractivity contribution in [3.05, 3.63) is 47.3 Å². The van der Waals surface area contributed by atoms with Crippen molar-refractivity contribution in [2.45, 2.75) is 53.0 Å². The molecule has 0 aliphatic carbocycles. The SMILES string of the molecule is Cc1cc(C(=O)Nc2cc(C(C)(C)C)ccc2O)c2cnn(C(C)C)c2n1. The maximum atomic E-state index is 13.0. The molecule has 3 rings (SSSR count). The quantitative estimate of drug-likeness (QED) is 0.665. The van der Waals surface area contributed by atoms with E-state index in [0.717, 1.165) is 11.3 Å². The fourth-order valence-corrected chi connectivity index (χ4v) is 3.00. The Balaban J connectivity index is 2.03. The van der Waals surface area contributed by atoms with E-state index >= 15 is 0 Å². The Kier molecular flexibility index (Phi) is 4.68. The van der Waals surface area contributed by atoms with Crippen molar-refractivity contribution in [3.63, 3.8) is 0 Å². The Labute approximate surface area is 159 Å². The number of aryl methyl sites for hydroxylation is 1. The predicted molar refractivity (Wildman–Crippen MR) is 107 cm³/mol. The maximum Gasteiger partial charge on any atom is 0.256 e. The number of anilines is 1. The molecule has 0 unspecified atom stereocenters. The lowest BCUT2D eigenvalue weighted by atomic mass is 9.87. The Morgan fingerprint density at radius 1 is 1.22 bits per heavy atom. The van der Waals surface area contributed by atoms with Crippen molar-refractivity contribution in [2.75, 3.05) is 5.32 Å². The van der Waals surface area contributed by atoms with Crippen molar-refractivity contribution >= 4 is 22.6 Å². The molecule has 6 nitrogen and oxygen atoms in total. The molecule has 142 valence electrons. The average Bonchev–Trinajstić information content (AvgIpc) is 2.98. The number of amides is 1. The van der Waals surface area contributed by atoms with Crippen LogP contribution in [-0.2, 0) is 5.41 Å². The highest BCUT2D eigenvalue weighted by Gasteiger charge is 2.20. The second-order valence-corrected chi connectivity index (χ2v) is 8.17. The van der Waals surface area contributed by atoms with Gasteiger partial charge in [-0.15, -0.1) is 0 Å². The largest absolute Gasteiger partial charge is 0.506 e. The van der Waals surface area contributed by atoms with Gasteiger partial charge in [-0.2, -0.15) is 5.10 Å². The summed E-state index contributed by atoms with van der Waals surface area (Å²) < 4.78 is 1.80. The number of phenolic OH excluding ortho intramolecular Hbond substituents is 1. The van der Waals surface area contributed by atoms with Crippen LogP contribution >= 0.6 is 0 Å². The van der Waals surface area contributed by atoms with Gasteiger partial charge in [-0.05, 0) is 49.9 Å². The van der Waals surface area contributed by atoms with Crippen molar-refractivity contribution in [1.29, 1.82) is 0 Å². The number of pyridine rings is 1. The van der Waals surface area contributed by atoms with E-state index < -0.39 is 0 Å². The predicted octanol–water partition coefficient (Wildman–Crippen LogP) is 4.58. The van der Waals surface area contributed by atoms with Crippen molar-refractivity contribution in [2.24, 2.45) is 0 Å². The number of phenols is 1. The number of hydrogen-bond acceptors (Lipinski definition) is 4. The number of nitrogens with one attached hydrogen (secondary N) is 1. The molecule has 0 fully saturated rings. The molecule has 27 heavy (non-hydrogen) atoms. The zero-order valence-electron chi connectivity index (χ0n) is 16.7. The molecule has 0 aliphatic rings. The molecule has 0 aliphatic heterocycles. The number of rotatable bonds is 3. The monoisotopic (exact) mass is 366 g/mol. The lowest BCUT2D eigenvalue weighted by molar-refractivity contribution is 0.102. The van der Waals surface area contributed by atoms with Gasteiger partial charge in [-0.3, -0.25) is 4.79 Å². The van der Waals surface area contributed by atoms with E-state index in [9.17, 15) is 9.90 Å². The summed E-state index contributed by atoms with van der Waals surface area (Å²) in [5.41, 5.74) is 3.24. The van der Waals surface area contributed by atoms with Crippen LogP contribution in [0, 0.1) is 6.92 Å². The van der Waals surface area contributed by atoms with E-state index in [1.807, 2.05) is 32.9 Å². The number of hydrogen-bond donors (Lipinski definition) is 2. The highest BCUT2D eigenvalue weighted by molar-refractivity contribution is 6.12. The summed E-state index contributed by atoms with van der Waals surface area (Å²) in [7, 11) is 0. The van der Waals surface area contributed by atoms with E-state index in [4.69, 9.17) is 0 Å². The lowest BCUT2D eigenvalue weighted by Gasteiger charge is -2.20. The molecule has 2 N–H and O–H groups in total. The van der Waals surface area contributed by atoms with Crippen LogP contribution in [0.5, 0.6) is 5.75 Å². The van der Waals surface area contributed by atoms with E-state index in [2.05, 4.69) is 36.2 Å². The first-order valence-corrected chi connectivity index (χ1v) is 9.07. The minimum absolute atomic E-state index is 0.0382. The van der Waals surface area contributed by atoms with Gasteiger partial charge in [-0.25, -0.2) is 9.67 Å². The Morgan fingerprint density at radius 2 is 1.93 bits per heavy atom. The van der Waals surface area contributed by atoms with Gasteiger partial charge in [0.25, 0.3) is 5.91 Å². The fraction of sp³-hybridized carbons (Fsp3) is 0.381. The summed E-state index contributed by atoms with van der Waals surface area (Å²) >= 11 is 0. The number of aromatic nitrogens is 3. The van der Waals surface area contributed by atoms with Crippen LogP contribution < -0.4 is 5.32 Å². The molecule has 0 radical (unpaired) electrons. The number of nitrogens with zero attached hydrogens (tertiary/aromatic N) is 3. The van der Waals surface area contributed by atoms with Gasteiger partial charge in [0, 0.05) is 11.7 Å². The fourth-order valence-electron chi connectivity index (χ4n) is 3.00. The minimum atomic E-state index is -0.296. The normalized spacial score (nSPS) is 12.0. The van der Waals surface area contributed by atoms with E-state index in [1.54, 1.807) is 23.0 Å². The van der Waals surface area contributed by atoms with Gasteiger partial charge >= 0.3 is 0 Å². The third kappa shape index (κ3) is 3.65. The van der Waals surface area contributed by atoms with Crippen LogP contribution in [-0.4, -0.2) is 25.8 Å². The molecule has 0 atom stereocenters. The zero-order valence-corrected chi connectivity index (χ0v) is 16.7. The number of carbonyl (C=O) groups excluding carboxylic acids is 1. The summed E-state index contributed by atoms with van der Waals surface area (Å²) in [6.07, 6.45) is 1.67. The van der Waals surface area contributed by atoms with Crippen molar-refractivity contribution in [1.82, 2.24) is 14.8 Å². The van der Waals surface area contributed by atoms with Crippen LogP contribution in [0.15, 0.2) is 30.5 Å². The Hall–Kier alpha value is -2.89. The molecular formula is C21H26N4O2. The van der Waals surface area contributed by atoms with Gasteiger partial charge in [0.2, 0.25) is 0 Å².